The Morgan fingerprint density at radius 3 is 2.73 bits per heavy atom. The van der Waals surface area contributed by atoms with Crippen LogP contribution < -0.4 is 15.4 Å². The second kappa shape index (κ2) is 6.44. The van der Waals surface area contributed by atoms with Crippen LogP contribution in [0.25, 0.3) is 0 Å². The molecule has 3 rings (SSSR count). The predicted octanol–water partition coefficient (Wildman–Crippen LogP) is 3.02. The number of nitrogens with two attached hydrogens (primary N) is 1. The average Bonchev–Trinajstić information content (AvgIpc) is 2.96. The lowest BCUT2D eigenvalue weighted by molar-refractivity contribution is 0.364. The zero-order valence-corrected chi connectivity index (χ0v) is 14.4. The molecule has 0 bridgehead atoms. The first kappa shape index (κ1) is 15.6. The van der Waals surface area contributed by atoms with Crippen LogP contribution in [-0.2, 0) is 0 Å². The van der Waals surface area contributed by atoms with E-state index in [1.807, 2.05) is 24.3 Å². The molecule has 2 N–H and O–H groups in total. The highest BCUT2D eigenvalue weighted by atomic mass is 32.2. The van der Waals surface area contributed by atoms with Gasteiger partial charge in [0.15, 0.2) is 4.34 Å². The molecule has 7 heteroatoms. The molecule has 2 heterocycles. The molecule has 0 unspecified atom stereocenters. The number of methoxy groups -OCH3 is 1. The van der Waals surface area contributed by atoms with Crippen LogP contribution in [0.4, 0.5) is 5.13 Å². The SMILES string of the molecule is COc1ccccc1Sc1nnc(N2CCC(C)(N)CC2)s1. The van der Waals surface area contributed by atoms with Gasteiger partial charge in [-0.2, -0.15) is 0 Å². The molecule has 118 valence electrons. The smallest absolute Gasteiger partial charge is 0.209 e. The number of para-hydroxylation sites is 1. The summed E-state index contributed by atoms with van der Waals surface area (Å²) in [5.41, 5.74) is 6.13. The lowest BCUT2D eigenvalue weighted by Gasteiger charge is -2.36. The van der Waals surface area contributed by atoms with Crippen molar-refractivity contribution in [2.45, 2.75) is 34.5 Å². The summed E-state index contributed by atoms with van der Waals surface area (Å²) in [5, 5.41) is 9.61. The Hall–Kier alpha value is -1.31. The average molecular weight is 336 g/mol. The molecule has 0 spiro atoms. The van der Waals surface area contributed by atoms with Crippen molar-refractivity contribution < 1.29 is 4.74 Å². The maximum Gasteiger partial charge on any atom is 0.209 e. The Kier molecular flexibility index (Phi) is 4.56. The second-order valence-electron chi connectivity index (χ2n) is 5.74. The van der Waals surface area contributed by atoms with Crippen molar-refractivity contribution in [3.8, 4) is 5.75 Å². The van der Waals surface area contributed by atoms with Gasteiger partial charge in [0.2, 0.25) is 5.13 Å². The van der Waals surface area contributed by atoms with Crippen molar-refractivity contribution in [2.75, 3.05) is 25.1 Å². The number of ether oxygens (including phenoxy) is 1. The third-order valence-corrected chi connectivity index (χ3v) is 5.93. The fourth-order valence-corrected chi connectivity index (χ4v) is 4.34. The molecule has 1 aromatic heterocycles. The highest BCUT2D eigenvalue weighted by molar-refractivity contribution is 8.01. The lowest BCUT2D eigenvalue weighted by atomic mass is 9.91. The fraction of sp³-hybridized carbons (Fsp3) is 0.467. The van der Waals surface area contributed by atoms with Gasteiger partial charge < -0.3 is 15.4 Å². The largest absolute Gasteiger partial charge is 0.496 e. The van der Waals surface area contributed by atoms with Crippen LogP contribution >= 0.6 is 23.1 Å². The molecule has 0 radical (unpaired) electrons. The van der Waals surface area contributed by atoms with Gasteiger partial charge >= 0.3 is 0 Å². The van der Waals surface area contributed by atoms with E-state index in [2.05, 4.69) is 22.0 Å². The first-order valence-electron chi connectivity index (χ1n) is 7.26. The zero-order valence-electron chi connectivity index (χ0n) is 12.8. The fourth-order valence-electron chi connectivity index (χ4n) is 2.38. The van der Waals surface area contributed by atoms with Crippen LogP contribution in [-0.4, -0.2) is 35.9 Å². The first-order valence-corrected chi connectivity index (χ1v) is 8.89. The number of aromatic nitrogens is 2. The molecule has 0 amide bonds. The highest BCUT2D eigenvalue weighted by Gasteiger charge is 2.27. The van der Waals surface area contributed by atoms with Gasteiger partial charge in [0.05, 0.1) is 12.0 Å². The van der Waals surface area contributed by atoms with E-state index in [0.29, 0.717) is 0 Å². The third kappa shape index (κ3) is 3.53. The number of nitrogens with zero attached hydrogens (tertiary/aromatic N) is 3. The standard InChI is InChI=1S/C15H20N4OS2/c1-15(16)7-9-19(10-8-15)13-17-18-14(22-13)21-12-6-4-3-5-11(12)20-2/h3-6H,7-10,16H2,1-2H3. The van der Waals surface area contributed by atoms with Crippen molar-refractivity contribution in [3.05, 3.63) is 24.3 Å². The summed E-state index contributed by atoms with van der Waals surface area (Å²) in [6.07, 6.45) is 1.98. The molecule has 0 atom stereocenters. The van der Waals surface area contributed by atoms with Crippen molar-refractivity contribution >= 4 is 28.2 Å². The molecule has 1 aromatic carbocycles. The summed E-state index contributed by atoms with van der Waals surface area (Å²) < 4.78 is 6.31. The summed E-state index contributed by atoms with van der Waals surface area (Å²) in [7, 11) is 1.68. The minimum absolute atomic E-state index is 0.0455. The van der Waals surface area contributed by atoms with Crippen LogP contribution in [0.1, 0.15) is 19.8 Å². The molecule has 2 aromatic rings. The number of piperidine rings is 1. The van der Waals surface area contributed by atoms with Crippen molar-refractivity contribution in [1.82, 2.24) is 10.2 Å². The van der Waals surface area contributed by atoms with Crippen LogP contribution in [0.5, 0.6) is 5.75 Å². The normalized spacial score (nSPS) is 17.5. The van der Waals surface area contributed by atoms with Gasteiger partial charge in [0, 0.05) is 18.6 Å². The minimum Gasteiger partial charge on any atom is -0.496 e. The van der Waals surface area contributed by atoms with E-state index in [1.54, 1.807) is 30.2 Å². The number of rotatable bonds is 4. The summed E-state index contributed by atoms with van der Waals surface area (Å²) >= 11 is 3.22. The lowest BCUT2D eigenvalue weighted by Crippen LogP contribution is -2.48. The van der Waals surface area contributed by atoms with Gasteiger partial charge in [-0.15, -0.1) is 10.2 Å². The Balaban J connectivity index is 1.69. The Morgan fingerprint density at radius 1 is 1.27 bits per heavy atom. The van der Waals surface area contributed by atoms with Crippen LogP contribution in [0.3, 0.4) is 0 Å². The van der Waals surface area contributed by atoms with Gasteiger partial charge in [-0.25, -0.2) is 0 Å². The van der Waals surface area contributed by atoms with Crippen molar-refractivity contribution in [1.29, 1.82) is 0 Å². The van der Waals surface area contributed by atoms with E-state index in [9.17, 15) is 0 Å². The predicted molar refractivity (Wildman–Crippen MR) is 91.1 cm³/mol. The monoisotopic (exact) mass is 336 g/mol. The number of hydrogen-bond acceptors (Lipinski definition) is 7. The molecular weight excluding hydrogens is 316 g/mol. The molecule has 1 aliphatic heterocycles. The van der Waals surface area contributed by atoms with Crippen molar-refractivity contribution in [2.24, 2.45) is 5.73 Å². The third-order valence-electron chi connectivity index (χ3n) is 3.84. The van der Waals surface area contributed by atoms with E-state index in [1.165, 1.54) is 0 Å². The quantitative estimate of drug-likeness (QED) is 0.926. The molecule has 1 aliphatic rings. The Bertz CT molecular complexity index is 634. The van der Waals surface area contributed by atoms with E-state index >= 15 is 0 Å². The van der Waals surface area contributed by atoms with Crippen LogP contribution in [0, 0.1) is 0 Å². The first-order chi connectivity index (χ1) is 10.6. The maximum atomic E-state index is 6.18. The van der Waals surface area contributed by atoms with E-state index in [-0.39, 0.29) is 5.54 Å². The molecule has 1 fully saturated rings. The Labute approximate surface area is 138 Å². The molecule has 0 saturated carbocycles. The molecule has 5 nitrogen and oxygen atoms in total. The summed E-state index contributed by atoms with van der Waals surface area (Å²) in [5.74, 6) is 0.862. The van der Waals surface area contributed by atoms with Gasteiger partial charge in [-0.1, -0.05) is 35.2 Å². The van der Waals surface area contributed by atoms with E-state index < -0.39 is 0 Å². The second-order valence-corrected chi connectivity index (χ2v) is 7.99. The summed E-state index contributed by atoms with van der Waals surface area (Å²) in [6.45, 7) is 4.01. The van der Waals surface area contributed by atoms with E-state index in [4.69, 9.17) is 10.5 Å². The number of hydrogen-bond donors (Lipinski definition) is 1. The zero-order chi connectivity index (χ0) is 15.6. The van der Waals surface area contributed by atoms with Crippen molar-refractivity contribution in [3.63, 3.8) is 0 Å². The van der Waals surface area contributed by atoms with Crippen LogP contribution in [0.15, 0.2) is 33.5 Å². The summed E-state index contributed by atoms with van der Waals surface area (Å²) in [6, 6.07) is 7.95. The molecular formula is C15H20N4OS2. The van der Waals surface area contributed by atoms with Gasteiger partial charge in [-0.05, 0) is 31.9 Å². The molecule has 0 aliphatic carbocycles. The van der Waals surface area contributed by atoms with Gasteiger partial charge in [0.1, 0.15) is 5.75 Å². The number of anilines is 1. The van der Waals surface area contributed by atoms with Gasteiger partial charge in [-0.3, -0.25) is 0 Å². The molecule has 1 saturated heterocycles. The highest BCUT2D eigenvalue weighted by Crippen LogP contribution is 2.38. The topological polar surface area (TPSA) is 64.3 Å². The molecule has 22 heavy (non-hydrogen) atoms. The Morgan fingerprint density at radius 2 is 2.00 bits per heavy atom. The van der Waals surface area contributed by atoms with Gasteiger partial charge in [0.25, 0.3) is 0 Å². The minimum atomic E-state index is -0.0455. The van der Waals surface area contributed by atoms with Crippen LogP contribution in [0.2, 0.25) is 0 Å². The summed E-state index contributed by atoms with van der Waals surface area (Å²) in [4.78, 5) is 3.33. The van der Waals surface area contributed by atoms with E-state index in [0.717, 1.165) is 46.0 Å². The number of benzene rings is 1. The maximum absolute atomic E-state index is 6.18.